The highest BCUT2D eigenvalue weighted by Crippen LogP contribution is 2.20. The minimum atomic E-state index is -0.425. The van der Waals surface area contributed by atoms with E-state index >= 15 is 0 Å². The van der Waals surface area contributed by atoms with Crippen LogP contribution in [0, 0.1) is 5.82 Å². The molecule has 18 heavy (non-hydrogen) atoms. The van der Waals surface area contributed by atoms with Crippen molar-refractivity contribution in [3.05, 3.63) is 52.8 Å². The highest BCUT2D eigenvalue weighted by molar-refractivity contribution is 6.30. The SMILES string of the molecule is Cn1cnc(C(Cc2ccc(Cl)c(F)c2)NN)c1. The van der Waals surface area contributed by atoms with Crippen molar-refractivity contribution in [1.82, 2.24) is 15.0 Å². The van der Waals surface area contributed by atoms with Crippen molar-refractivity contribution in [3.8, 4) is 0 Å². The molecule has 6 heteroatoms. The molecule has 0 fully saturated rings. The molecule has 2 rings (SSSR count). The van der Waals surface area contributed by atoms with Crippen LogP contribution in [0.2, 0.25) is 5.02 Å². The Kier molecular flexibility index (Phi) is 3.96. The lowest BCUT2D eigenvalue weighted by atomic mass is 10.0. The first-order valence-corrected chi connectivity index (χ1v) is 5.86. The van der Waals surface area contributed by atoms with E-state index in [-0.39, 0.29) is 11.1 Å². The van der Waals surface area contributed by atoms with Crippen LogP contribution < -0.4 is 11.3 Å². The lowest BCUT2D eigenvalue weighted by Gasteiger charge is -2.13. The molecule has 0 aliphatic heterocycles. The zero-order chi connectivity index (χ0) is 13.1. The number of rotatable bonds is 4. The molecule has 1 unspecified atom stereocenters. The normalized spacial score (nSPS) is 12.7. The van der Waals surface area contributed by atoms with Crippen molar-refractivity contribution in [2.45, 2.75) is 12.5 Å². The van der Waals surface area contributed by atoms with Crippen LogP contribution in [0.15, 0.2) is 30.7 Å². The summed E-state index contributed by atoms with van der Waals surface area (Å²) < 4.78 is 15.2. The van der Waals surface area contributed by atoms with E-state index in [9.17, 15) is 4.39 Å². The lowest BCUT2D eigenvalue weighted by Crippen LogP contribution is -2.29. The number of hydrazine groups is 1. The molecular formula is C12H14ClFN4. The maximum atomic E-state index is 13.3. The molecule has 96 valence electrons. The molecule has 2 aromatic rings. The summed E-state index contributed by atoms with van der Waals surface area (Å²) in [4.78, 5) is 4.22. The van der Waals surface area contributed by atoms with Gasteiger partial charge in [0, 0.05) is 13.2 Å². The topological polar surface area (TPSA) is 55.9 Å². The zero-order valence-electron chi connectivity index (χ0n) is 9.90. The molecule has 0 aliphatic carbocycles. The Morgan fingerprint density at radius 3 is 2.89 bits per heavy atom. The summed E-state index contributed by atoms with van der Waals surface area (Å²) >= 11 is 5.64. The van der Waals surface area contributed by atoms with Gasteiger partial charge < -0.3 is 4.57 Å². The predicted molar refractivity (Wildman–Crippen MR) is 68.4 cm³/mol. The van der Waals surface area contributed by atoms with Crippen molar-refractivity contribution in [3.63, 3.8) is 0 Å². The molecule has 4 nitrogen and oxygen atoms in total. The van der Waals surface area contributed by atoms with Gasteiger partial charge in [-0.3, -0.25) is 11.3 Å². The van der Waals surface area contributed by atoms with Gasteiger partial charge in [-0.25, -0.2) is 9.37 Å². The fourth-order valence-electron chi connectivity index (χ4n) is 1.76. The Morgan fingerprint density at radius 2 is 2.33 bits per heavy atom. The Bertz CT molecular complexity index is 541. The summed E-state index contributed by atoms with van der Waals surface area (Å²) in [7, 11) is 1.88. The third kappa shape index (κ3) is 2.87. The van der Waals surface area contributed by atoms with Crippen LogP contribution in [-0.2, 0) is 13.5 Å². The maximum absolute atomic E-state index is 13.3. The van der Waals surface area contributed by atoms with Crippen LogP contribution in [0.4, 0.5) is 4.39 Å². The molecule has 0 aliphatic rings. The van der Waals surface area contributed by atoms with Gasteiger partial charge in [-0.05, 0) is 24.1 Å². The van der Waals surface area contributed by atoms with Crippen LogP contribution in [0.5, 0.6) is 0 Å². The molecule has 0 spiro atoms. The molecule has 1 heterocycles. The zero-order valence-corrected chi connectivity index (χ0v) is 10.7. The Hall–Kier alpha value is -1.43. The van der Waals surface area contributed by atoms with Gasteiger partial charge in [-0.15, -0.1) is 0 Å². The second-order valence-electron chi connectivity index (χ2n) is 4.14. The molecule has 0 radical (unpaired) electrons. The third-order valence-electron chi connectivity index (χ3n) is 2.71. The van der Waals surface area contributed by atoms with E-state index in [0.717, 1.165) is 11.3 Å². The van der Waals surface area contributed by atoms with E-state index in [1.54, 1.807) is 12.4 Å². The molecule has 1 aromatic carbocycles. The van der Waals surface area contributed by atoms with Crippen LogP contribution in [-0.4, -0.2) is 9.55 Å². The van der Waals surface area contributed by atoms with Gasteiger partial charge in [-0.1, -0.05) is 17.7 Å². The van der Waals surface area contributed by atoms with Crippen molar-refractivity contribution >= 4 is 11.6 Å². The van der Waals surface area contributed by atoms with Crippen molar-refractivity contribution in [2.24, 2.45) is 12.9 Å². The molecule has 1 atom stereocenters. The number of hydrogen-bond donors (Lipinski definition) is 2. The van der Waals surface area contributed by atoms with E-state index in [2.05, 4.69) is 10.4 Å². The Morgan fingerprint density at radius 1 is 1.56 bits per heavy atom. The quantitative estimate of drug-likeness (QED) is 0.658. The first-order chi connectivity index (χ1) is 8.60. The van der Waals surface area contributed by atoms with Gasteiger partial charge >= 0.3 is 0 Å². The van der Waals surface area contributed by atoms with Crippen molar-refractivity contribution in [1.29, 1.82) is 0 Å². The molecule has 3 N–H and O–H groups in total. The molecular weight excluding hydrogens is 255 g/mol. The fourth-order valence-corrected chi connectivity index (χ4v) is 1.88. The minimum Gasteiger partial charge on any atom is -0.340 e. The van der Waals surface area contributed by atoms with Crippen LogP contribution in [0.3, 0.4) is 0 Å². The van der Waals surface area contributed by atoms with E-state index < -0.39 is 5.82 Å². The molecule has 1 aromatic heterocycles. The smallest absolute Gasteiger partial charge is 0.142 e. The number of benzene rings is 1. The molecule has 0 bridgehead atoms. The van der Waals surface area contributed by atoms with Gasteiger partial charge in [0.25, 0.3) is 0 Å². The second kappa shape index (κ2) is 5.48. The molecule has 0 saturated carbocycles. The highest BCUT2D eigenvalue weighted by Gasteiger charge is 2.14. The third-order valence-corrected chi connectivity index (χ3v) is 3.01. The fraction of sp³-hybridized carbons (Fsp3) is 0.250. The van der Waals surface area contributed by atoms with Gasteiger partial charge in [-0.2, -0.15) is 0 Å². The number of nitrogens with zero attached hydrogens (tertiary/aromatic N) is 2. The molecule has 0 amide bonds. The van der Waals surface area contributed by atoms with Crippen LogP contribution in [0.25, 0.3) is 0 Å². The lowest BCUT2D eigenvalue weighted by molar-refractivity contribution is 0.537. The first kappa shape index (κ1) is 13.0. The Labute approximate surface area is 110 Å². The van der Waals surface area contributed by atoms with E-state index in [1.807, 2.05) is 17.8 Å². The number of aromatic nitrogens is 2. The monoisotopic (exact) mass is 268 g/mol. The average Bonchev–Trinajstić information content (AvgIpc) is 2.77. The van der Waals surface area contributed by atoms with Crippen molar-refractivity contribution < 1.29 is 4.39 Å². The summed E-state index contributed by atoms with van der Waals surface area (Å²) in [5.41, 5.74) is 4.31. The standard InChI is InChI=1S/C12H14ClFN4/c1-18-6-12(16-7-18)11(17-15)5-8-2-3-9(13)10(14)4-8/h2-4,6-7,11,17H,5,15H2,1H3. The number of hydrogen-bond acceptors (Lipinski definition) is 3. The van der Waals surface area contributed by atoms with E-state index in [1.165, 1.54) is 12.1 Å². The van der Waals surface area contributed by atoms with E-state index in [0.29, 0.717) is 6.42 Å². The van der Waals surface area contributed by atoms with Gasteiger partial charge in [0.1, 0.15) is 5.82 Å². The summed E-state index contributed by atoms with van der Waals surface area (Å²) in [5, 5.41) is 0.119. The largest absolute Gasteiger partial charge is 0.340 e. The number of halogens is 2. The number of nitrogens with one attached hydrogen (secondary N) is 1. The summed E-state index contributed by atoms with van der Waals surface area (Å²) in [6, 6.07) is 4.57. The van der Waals surface area contributed by atoms with Crippen molar-refractivity contribution in [2.75, 3.05) is 0 Å². The predicted octanol–water partition coefficient (Wildman–Crippen LogP) is 1.96. The summed E-state index contributed by atoms with van der Waals surface area (Å²) in [5.74, 6) is 5.09. The number of nitrogens with two attached hydrogens (primary N) is 1. The van der Waals surface area contributed by atoms with Gasteiger partial charge in [0.15, 0.2) is 0 Å². The highest BCUT2D eigenvalue weighted by atomic mass is 35.5. The first-order valence-electron chi connectivity index (χ1n) is 5.48. The number of imidazole rings is 1. The minimum absolute atomic E-state index is 0.119. The average molecular weight is 269 g/mol. The van der Waals surface area contributed by atoms with Crippen LogP contribution in [0.1, 0.15) is 17.3 Å². The van der Waals surface area contributed by atoms with E-state index in [4.69, 9.17) is 17.4 Å². The molecule has 0 saturated heterocycles. The maximum Gasteiger partial charge on any atom is 0.142 e. The van der Waals surface area contributed by atoms with Crippen LogP contribution >= 0.6 is 11.6 Å². The Balaban J connectivity index is 2.17. The van der Waals surface area contributed by atoms with Gasteiger partial charge in [0.05, 0.1) is 23.1 Å². The number of aryl methyl sites for hydroxylation is 1. The second-order valence-corrected chi connectivity index (χ2v) is 4.54. The van der Waals surface area contributed by atoms with Gasteiger partial charge in [0.2, 0.25) is 0 Å². The summed E-state index contributed by atoms with van der Waals surface area (Å²) in [6.45, 7) is 0. The summed E-state index contributed by atoms with van der Waals surface area (Å²) in [6.07, 6.45) is 4.11.